The van der Waals surface area contributed by atoms with Crippen LogP contribution in [0.25, 0.3) is 11.0 Å². The van der Waals surface area contributed by atoms with Crippen molar-refractivity contribution in [1.82, 2.24) is 4.98 Å². The van der Waals surface area contributed by atoms with E-state index >= 15 is 0 Å². The summed E-state index contributed by atoms with van der Waals surface area (Å²) in [6, 6.07) is 23.3. The summed E-state index contributed by atoms with van der Waals surface area (Å²) in [5, 5.41) is 0.384. The molecule has 1 atom stereocenters. The van der Waals surface area contributed by atoms with Gasteiger partial charge in [-0.25, -0.2) is 4.98 Å². The summed E-state index contributed by atoms with van der Waals surface area (Å²) in [5.41, 5.74) is 2.96. The van der Waals surface area contributed by atoms with Crippen LogP contribution in [0.4, 0.5) is 5.82 Å². The van der Waals surface area contributed by atoms with Crippen molar-refractivity contribution in [3.05, 3.63) is 128 Å². The van der Waals surface area contributed by atoms with Crippen LogP contribution < -0.4 is 19.8 Å². The van der Waals surface area contributed by atoms with Gasteiger partial charge in [-0.3, -0.25) is 14.5 Å². The minimum atomic E-state index is -0.778. The largest absolute Gasteiger partial charge is 0.493 e. The number of benzene rings is 3. The first-order chi connectivity index (χ1) is 18.9. The highest BCUT2D eigenvalue weighted by Gasteiger charge is 2.44. The lowest BCUT2D eigenvalue weighted by atomic mass is 9.98. The van der Waals surface area contributed by atoms with Crippen molar-refractivity contribution in [2.45, 2.75) is 19.6 Å². The third kappa shape index (κ3) is 4.46. The van der Waals surface area contributed by atoms with Gasteiger partial charge in [0.25, 0.3) is 5.91 Å². The number of carbonyl (C=O) groups excluding carboxylic acids is 1. The van der Waals surface area contributed by atoms with Crippen LogP contribution >= 0.6 is 15.9 Å². The smallest absolute Gasteiger partial charge is 0.296 e. The van der Waals surface area contributed by atoms with E-state index in [2.05, 4.69) is 20.9 Å². The molecule has 0 fully saturated rings. The first-order valence-corrected chi connectivity index (χ1v) is 13.1. The number of hydrogen-bond acceptors (Lipinski definition) is 6. The predicted octanol–water partition coefficient (Wildman–Crippen LogP) is 6.60. The molecule has 0 spiro atoms. The Hall–Kier alpha value is -4.43. The number of amides is 1. The van der Waals surface area contributed by atoms with Crippen LogP contribution in [0, 0.1) is 6.92 Å². The lowest BCUT2D eigenvalue weighted by Crippen LogP contribution is -2.30. The number of rotatable bonds is 6. The number of aryl methyl sites for hydroxylation is 1. The molecule has 0 N–H and O–H groups in total. The Balaban J connectivity index is 1.49. The van der Waals surface area contributed by atoms with Gasteiger partial charge in [-0.15, -0.1) is 0 Å². The number of nitrogens with zero attached hydrogens (tertiary/aromatic N) is 2. The van der Waals surface area contributed by atoms with E-state index in [0.717, 1.165) is 15.6 Å². The van der Waals surface area contributed by atoms with E-state index in [9.17, 15) is 9.59 Å². The van der Waals surface area contributed by atoms with Crippen LogP contribution in [-0.4, -0.2) is 18.0 Å². The minimum Gasteiger partial charge on any atom is -0.493 e. The highest BCUT2D eigenvalue weighted by atomic mass is 79.9. The van der Waals surface area contributed by atoms with Crippen molar-refractivity contribution in [3.8, 4) is 11.5 Å². The normalized spacial score (nSPS) is 14.5. The Bertz CT molecular complexity index is 1770. The maximum atomic E-state index is 13.9. The molecule has 6 rings (SSSR count). The van der Waals surface area contributed by atoms with Gasteiger partial charge in [0.1, 0.15) is 18.0 Å². The second-order valence-electron chi connectivity index (χ2n) is 9.27. The van der Waals surface area contributed by atoms with Gasteiger partial charge >= 0.3 is 0 Å². The number of aromatic nitrogens is 1. The number of fused-ring (bicyclic) bond motifs is 2. The molecule has 3 aromatic carbocycles. The average Bonchev–Trinajstić information content (AvgIpc) is 3.25. The molecule has 39 heavy (non-hydrogen) atoms. The Morgan fingerprint density at radius 1 is 0.974 bits per heavy atom. The van der Waals surface area contributed by atoms with E-state index in [1.165, 1.54) is 4.90 Å². The van der Waals surface area contributed by atoms with Gasteiger partial charge in [0.15, 0.2) is 16.9 Å². The summed E-state index contributed by atoms with van der Waals surface area (Å²) in [5.74, 6) is 1.01. The van der Waals surface area contributed by atoms with Crippen molar-refractivity contribution >= 4 is 38.6 Å². The van der Waals surface area contributed by atoms with Crippen LogP contribution in [0.3, 0.4) is 0 Å². The third-order valence-electron chi connectivity index (χ3n) is 6.72. The maximum Gasteiger partial charge on any atom is 0.296 e. The predicted molar refractivity (Wildman–Crippen MR) is 152 cm³/mol. The van der Waals surface area contributed by atoms with Crippen molar-refractivity contribution < 1.29 is 18.7 Å². The summed E-state index contributed by atoms with van der Waals surface area (Å²) < 4.78 is 18.5. The zero-order chi connectivity index (χ0) is 27.1. The van der Waals surface area contributed by atoms with Gasteiger partial charge in [0.05, 0.1) is 24.1 Å². The van der Waals surface area contributed by atoms with Crippen LogP contribution in [0.2, 0.25) is 0 Å². The second-order valence-corrected chi connectivity index (χ2v) is 10.2. The van der Waals surface area contributed by atoms with Crippen LogP contribution in [0.1, 0.15) is 38.9 Å². The molecule has 1 aliphatic heterocycles. The Morgan fingerprint density at radius 2 is 1.79 bits per heavy atom. The van der Waals surface area contributed by atoms with Gasteiger partial charge < -0.3 is 13.9 Å². The molecule has 2 aromatic heterocycles. The van der Waals surface area contributed by atoms with E-state index in [4.69, 9.17) is 13.9 Å². The van der Waals surface area contributed by atoms with Crippen molar-refractivity contribution in [1.29, 1.82) is 0 Å². The summed E-state index contributed by atoms with van der Waals surface area (Å²) in [7, 11) is 1.56. The van der Waals surface area contributed by atoms with Crippen molar-refractivity contribution in [2.75, 3.05) is 12.0 Å². The summed E-state index contributed by atoms with van der Waals surface area (Å²) in [6.07, 6.45) is 1.69. The first kappa shape index (κ1) is 24.9. The molecule has 7 nitrogen and oxygen atoms in total. The topological polar surface area (TPSA) is 81.9 Å². The van der Waals surface area contributed by atoms with Gasteiger partial charge in [0, 0.05) is 10.7 Å². The summed E-state index contributed by atoms with van der Waals surface area (Å²) in [4.78, 5) is 33.7. The molecule has 8 heteroatoms. The second kappa shape index (κ2) is 10.0. The van der Waals surface area contributed by atoms with Crippen LogP contribution in [0.15, 0.2) is 98.7 Å². The fraction of sp³-hybridized carbons (Fsp3) is 0.129. The third-order valence-corrected chi connectivity index (χ3v) is 7.21. The Kier molecular flexibility index (Phi) is 6.40. The Morgan fingerprint density at radius 3 is 2.54 bits per heavy atom. The minimum absolute atomic E-state index is 0.00516. The SMILES string of the molecule is COc1cc(C2c3c(oc4ccc(Br)cc4c3=O)C(=O)N2c2ccc(C)cn2)ccc1OCc1ccccc1. The number of pyridine rings is 1. The monoisotopic (exact) mass is 582 g/mol. The van der Waals surface area contributed by atoms with E-state index in [-0.39, 0.29) is 16.8 Å². The van der Waals surface area contributed by atoms with Gasteiger partial charge in [0.2, 0.25) is 5.76 Å². The van der Waals surface area contributed by atoms with Crippen LogP contribution in [-0.2, 0) is 6.61 Å². The van der Waals surface area contributed by atoms with Crippen LogP contribution in [0.5, 0.6) is 11.5 Å². The van der Waals surface area contributed by atoms with Gasteiger partial charge in [-0.2, -0.15) is 0 Å². The fourth-order valence-electron chi connectivity index (χ4n) is 4.81. The number of methoxy groups -OCH3 is 1. The number of ether oxygens (including phenoxy) is 2. The number of carbonyl (C=O) groups is 1. The standard InChI is InChI=1S/C31H23BrN2O5/c1-18-8-13-26(33-16-18)34-28(27-29(35)22-15-21(32)10-12-23(22)39-30(27)31(34)36)20-9-11-24(25(14-20)37-2)38-17-19-6-4-3-5-7-19/h3-16,28H,17H2,1-2H3. The molecular formula is C31H23BrN2O5. The molecule has 0 saturated carbocycles. The lowest BCUT2D eigenvalue weighted by Gasteiger charge is -2.25. The molecule has 1 amide bonds. The molecule has 1 unspecified atom stereocenters. The van der Waals surface area contributed by atoms with Crippen molar-refractivity contribution in [2.24, 2.45) is 0 Å². The maximum absolute atomic E-state index is 13.9. The summed E-state index contributed by atoms with van der Waals surface area (Å²) >= 11 is 3.43. The van der Waals surface area contributed by atoms with E-state index < -0.39 is 11.9 Å². The van der Waals surface area contributed by atoms with Gasteiger partial charge in [-0.1, -0.05) is 58.4 Å². The Labute approximate surface area is 232 Å². The molecule has 0 bridgehead atoms. The van der Waals surface area contributed by atoms with E-state index in [0.29, 0.717) is 40.5 Å². The molecule has 0 aliphatic carbocycles. The molecular weight excluding hydrogens is 560 g/mol. The molecule has 1 aliphatic rings. The lowest BCUT2D eigenvalue weighted by molar-refractivity contribution is 0.0970. The zero-order valence-electron chi connectivity index (χ0n) is 21.2. The first-order valence-electron chi connectivity index (χ1n) is 12.3. The number of halogens is 1. The quantitative estimate of drug-likeness (QED) is 0.224. The van der Waals surface area contributed by atoms with E-state index in [1.54, 1.807) is 49.7 Å². The molecule has 194 valence electrons. The molecule has 0 radical (unpaired) electrons. The number of hydrogen-bond donors (Lipinski definition) is 0. The highest BCUT2D eigenvalue weighted by Crippen LogP contribution is 2.43. The molecule has 3 heterocycles. The average molecular weight is 583 g/mol. The molecule has 5 aromatic rings. The summed E-state index contributed by atoms with van der Waals surface area (Å²) in [6.45, 7) is 2.29. The zero-order valence-corrected chi connectivity index (χ0v) is 22.8. The van der Waals surface area contributed by atoms with Gasteiger partial charge in [-0.05, 0) is 60.0 Å². The van der Waals surface area contributed by atoms with E-state index in [1.807, 2.05) is 49.4 Å². The van der Waals surface area contributed by atoms with Crippen molar-refractivity contribution in [3.63, 3.8) is 0 Å². The fourth-order valence-corrected chi connectivity index (χ4v) is 5.17. The molecule has 0 saturated heterocycles. The highest BCUT2D eigenvalue weighted by molar-refractivity contribution is 9.10. The number of anilines is 1.